The maximum atomic E-state index is 11.6. The molecule has 0 radical (unpaired) electrons. The van der Waals surface area contributed by atoms with Crippen LogP contribution in [0.2, 0.25) is 0 Å². The van der Waals surface area contributed by atoms with Crippen LogP contribution < -0.4 is 0 Å². The molecule has 0 spiro atoms. The molecule has 2 nitrogen and oxygen atoms in total. The fourth-order valence-electron chi connectivity index (χ4n) is 1.84. The van der Waals surface area contributed by atoms with Crippen LogP contribution in [0.3, 0.4) is 0 Å². The van der Waals surface area contributed by atoms with Gasteiger partial charge in [0.1, 0.15) is 6.61 Å². The molecule has 2 heteroatoms. The lowest BCUT2D eigenvalue weighted by atomic mass is 10.1. The Bertz CT molecular complexity index is 454. The van der Waals surface area contributed by atoms with Crippen LogP contribution in [-0.2, 0) is 9.53 Å². The summed E-state index contributed by atoms with van der Waals surface area (Å²) in [4.78, 5) is 11.6. The van der Waals surface area contributed by atoms with Crippen LogP contribution in [0.1, 0.15) is 67.2 Å². The van der Waals surface area contributed by atoms with Crippen molar-refractivity contribution in [1.29, 1.82) is 0 Å². The first kappa shape index (κ1) is 20.4. The highest BCUT2D eigenvalue weighted by atomic mass is 16.5. The smallest absolute Gasteiger partial charge is 0.331 e. The number of carbonyl (C=O) groups is 1. The second-order valence-electron chi connectivity index (χ2n) is 6.31. The van der Waals surface area contributed by atoms with Crippen LogP contribution >= 0.6 is 0 Å². The normalized spacial score (nSPS) is 11.9. The molecule has 0 aromatic heterocycles. The first-order valence-corrected chi connectivity index (χ1v) is 8.07. The summed E-state index contributed by atoms with van der Waals surface area (Å²) in [7, 11) is 0. The Morgan fingerprint density at radius 2 is 1.32 bits per heavy atom. The summed E-state index contributed by atoms with van der Waals surface area (Å²) in [5, 5.41) is 0. The van der Waals surface area contributed by atoms with Crippen molar-refractivity contribution in [3.05, 3.63) is 46.6 Å². The molecule has 0 aromatic carbocycles. The quantitative estimate of drug-likeness (QED) is 0.300. The zero-order valence-electron chi connectivity index (χ0n) is 15.2. The van der Waals surface area contributed by atoms with E-state index in [0.717, 1.165) is 36.8 Å². The summed E-state index contributed by atoms with van der Waals surface area (Å²) in [5.74, 6) is -0.251. The second kappa shape index (κ2) is 12.0. The van der Waals surface area contributed by atoms with Crippen LogP contribution in [0.25, 0.3) is 0 Å². The van der Waals surface area contributed by atoms with Gasteiger partial charge in [0.15, 0.2) is 0 Å². The van der Waals surface area contributed by atoms with Crippen molar-refractivity contribution in [2.45, 2.75) is 67.2 Å². The molecule has 0 heterocycles. The van der Waals surface area contributed by atoms with Crippen LogP contribution in [0.15, 0.2) is 46.6 Å². The van der Waals surface area contributed by atoms with Gasteiger partial charge in [-0.15, -0.1) is 0 Å². The molecule has 0 aliphatic heterocycles. The Morgan fingerprint density at radius 3 is 1.91 bits per heavy atom. The molecule has 22 heavy (non-hydrogen) atoms. The first-order chi connectivity index (χ1) is 10.3. The molecule has 124 valence electrons. The van der Waals surface area contributed by atoms with Crippen LogP contribution in [-0.4, -0.2) is 12.6 Å². The van der Waals surface area contributed by atoms with Crippen molar-refractivity contribution in [2.75, 3.05) is 6.61 Å². The van der Waals surface area contributed by atoms with Gasteiger partial charge in [-0.25, -0.2) is 4.79 Å². The van der Waals surface area contributed by atoms with Crippen molar-refractivity contribution < 1.29 is 9.53 Å². The largest absolute Gasteiger partial charge is 0.458 e. The van der Waals surface area contributed by atoms with Gasteiger partial charge in [-0.05, 0) is 73.3 Å². The van der Waals surface area contributed by atoms with E-state index >= 15 is 0 Å². The van der Waals surface area contributed by atoms with Crippen molar-refractivity contribution in [3.8, 4) is 0 Å². The van der Waals surface area contributed by atoms with Gasteiger partial charge in [-0.1, -0.05) is 34.4 Å². The summed E-state index contributed by atoms with van der Waals surface area (Å²) >= 11 is 0. The molecule has 0 atom stereocenters. The summed E-state index contributed by atoms with van der Waals surface area (Å²) in [6.07, 6.45) is 12.1. The lowest BCUT2D eigenvalue weighted by Crippen LogP contribution is -2.01. The van der Waals surface area contributed by atoms with E-state index in [-0.39, 0.29) is 5.97 Å². The number of ether oxygens (including phenoxy) is 1. The van der Waals surface area contributed by atoms with E-state index < -0.39 is 0 Å². The van der Waals surface area contributed by atoms with Crippen molar-refractivity contribution in [3.63, 3.8) is 0 Å². The zero-order chi connectivity index (χ0) is 17.0. The molecule has 0 fully saturated rings. The third-order valence-electron chi connectivity index (χ3n) is 3.20. The molecular formula is C20H32O2. The van der Waals surface area contributed by atoms with Gasteiger partial charge in [0.2, 0.25) is 0 Å². The molecule has 0 aliphatic carbocycles. The SMILES string of the molecule is CC(C)=CCC/C(C)=C/CC/C(C)=C/C(=O)OCC=C(C)C. The summed E-state index contributed by atoms with van der Waals surface area (Å²) in [6, 6.07) is 0. The van der Waals surface area contributed by atoms with Gasteiger partial charge in [-0.2, -0.15) is 0 Å². The number of esters is 1. The Morgan fingerprint density at radius 1 is 0.773 bits per heavy atom. The summed E-state index contributed by atoms with van der Waals surface area (Å²) in [6.45, 7) is 12.7. The van der Waals surface area contributed by atoms with Gasteiger partial charge in [0, 0.05) is 6.08 Å². The van der Waals surface area contributed by atoms with Crippen molar-refractivity contribution in [1.82, 2.24) is 0 Å². The molecule has 0 bridgehead atoms. The molecule has 0 saturated carbocycles. The minimum absolute atomic E-state index is 0.251. The topological polar surface area (TPSA) is 26.3 Å². The Balaban J connectivity index is 4.07. The van der Waals surface area contributed by atoms with Gasteiger partial charge >= 0.3 is 5.97 Å². The Labute approximate surface area is 136 Å². The van der Waals surface area contributed by atoms with Crippen LogP contribution in [0.4, 0.5) is 0 Å². The Kier molecular flexibility index (Phi) is 11.2. The molecule has 0 unspecified atom stereocenters. The minimum Gasteiger partial charge on any atom is -0.458 e. The Hall–Kier alpha value is -1.57. The maximum Gasteiger partial charge on any atom is 0.331 e. The van der Waals surface area contributed by atoms with E-state index in [1.165, 1.54) is 11.1 Å². The first-order valence-electron chi connectivity index (χ1n) is 8.07. The molecule has 0 rings (SSSR count). The molecule has 0 saturated heterocycles. The van der Waals surface area contributed by atoms with Gasteiger partial charge in [-0.3, -0.25) is 0 Å². The fraction of sp³-hybridized carbons (Fsp3) is 0.550. The van der Waals surface area contributed by atoms with Crippen molar-refractivity contribution >= 4 is 5.97 Å². The van der Waals surface area contributed by atoms with E-state index in [1.54, 1.807) is 6.08 Å². The molecule has 0 amide bonds. The molecule has 0 N–H and O–H groups in total. The van der Waals surface area contributed by atoms with Gasteiger partial charge in [0.25, 0.3) is 0 Å². The van der Waals surface area contributed by atoms with Gasteiger partial charge < -0.3 is 4.74 Å². The van der Waals surface area contributed by atoms with E-state index in [1.807, 2.05) is 26.8 Å². The predicted octanol–water partition coefficient (Wildman–Crippen LogP) is 5.92. The summed E-state index contributed by atoms with van der Waals surface area (Å²) < 4.78 is 5.11. The number of carbonyl (C=O) groups excluding carboxylic acids is 1. The molecular weight excluding hydrogens is 272 g/mol. The van der Waals surface area contributed by atoms with E-state index in [2.05, 4.69) is 32.9 Å². The number of hydrogen-bond donors (Lipinski definition) is 0. The lowest BCUT2D eigenvalue weighted by Gasteiger charge is -2.02. The highest BCUT2D eigenvalue weighted by Gasteiger charge is 1.98. The third-order valence-corrected chi connectivity index (χ3v) is 3.20. The number of rotatable bonds is 9. The molecule has 0 aromatic rings. The number of hydrogen-bond acceptors (Lipinski definition) is 2. The second-order valence-corrected chi connectivity index (χ2v) is 6.31. The lowest BCUT2D eigenvalue weighted by molar-refractivity contribution is -0.136. The fourth-order valence-corrected chi connectivity index (χ4v) is 1.84. The molecule has 0 aliphatic rings. The van der Waals surface area contributed by atoms with E-state index in [9.17, 15) is 4.79 Å². The average Bonchev–Trinajstić information content (AvgIpc) is 2.37. The monoisotopic (exact) mass is 304 g/mol. The highest BCUT2D eigenvalue weighted by molar-refractivity contribution is 5.82. The minimum atomic E-state index is -0.251. The predicted molar refractivity (Wildman–Crippen MR) is 95.8 cm³/mol. The van der Waals surface area contributed by atoms with E-state index in [0.29, 0.717) is 6.61 Å². The van der Waals surface area contributed by atoms with Gasteiger partial charge in [0.05, 0.1) is 0 Å². The summed E-state index contributed by atoms with van der Waals surface area (Å²) in [5.41, 5.74) is 5.01. The highest BCUT2D eigenvalue weighted by Crippen LogP contribution is 2.11. The van der Waals surface area contributed by atoms with E-state index in [4.69, 9.17) is 4.74 Å². The third kappa shape index (κ3) is 13.4. The maximum absolute atomic E-state index is 11.6. The van der Waals surface area contributed by atoms with Crippen LogP contribution in [0.5, 0.6) is 0 Å². The average molecular weight is 304 g/mol. The van der Waals surface area contributed by atoms with Crippen molar-refractivity contribution in [2.24, 2.45) is 0 Å². The standard InChI is InChI=1S/C20H32O2/c1-16(2)9-7-10-18(5)11-8-12-19(6)15-20(21)22-14-13-17(3)4/h9,11,13,15H,7-8,10,12,14H2,1-6H3/b18-11+,19-15+. The van der Waals surface area contributed by atoms with Crippen LogP contribution in [0, 0.1) is 0 Å². The zero-order valence-corrected chi connectivity index (χ0v) is 15.2. The number of allylic oxidation sites excluding steroid dienone is 6.